The Labute approximate surface area is 124 Å². The number of nitrogens with zero attached hydrogens (tertiary/aromatic N) is 1. The molecule has 3 rings (SSSR count). The van der Waals surface area contributed by atoms with Crippen molar-refractivity contribution in [2.45, 2.75) is 26.2 Å². The molecule has 0 aliphatic carbocycles. The smallest absolute Gasteiger partial charge is 0.261 e. The van der Waals surface area contributed by atoms with Crippen LogP contribution >= 0.6 is 0 Å². The number of anilines is 1. The van der Waals surface area contributed by atoms with Crippen molar-refractivity contribution >= 4 is 11.6 Å². The van der Waals surface area contributed by atoms with E-state index < -0.39 is 5.82 Å². The Balaban J connectivity index is 2.01. The second kappa shape index (κ2) is 5.68. The van der Waals surface area contributed by atoms with Gasteiger partial charge in [0.2, 0.25) is 0 Å². The van der Waals surface area contributed by atoms with Crippen molar-refractivity contribution in [2.75, 3.05) is 11.4 Å². The van der Waals surface area contributed by atoms with Crippen molar-refractivity contribution in [1.82, 2.24) is 0 Å². The number of aryl methyl sites for hydroxylation is 2. The lowest BCUT2D eigenvalue weighted by atomic mass is 10.1. The molecule has 0 spiro atoms. The molecule has 0 unspecified atom stereocenters. The topological polar surface area (TPSA) is 20.3 Å². The van der Waals surface area contributed by atoms with E-state index in [4.69, 9.17) is 0 Å². The third kappa shape index (κ3) is 2.68. The Kier molecular flexibility index (Phi) is 3.74. The lowest BCUT2D eigenvalue weighted by Crippen LogP contribution is -2.32. The second-order valence-corrected chi connectivity index (χ2v) is 5.53. The Morgan fingerprint density at radius 2 is 1.95 bits per heavy atom. The van der Waals surface area contributed by atoms with Crippen LogP contribution in [0.4, 0.5) is 10.1 Å². The quantitative estimate of drug-likeness (QED) is 0.771. The molecule has 1 aliphatic rings. The van der Waals surface area contributed by atoms with Gasteiger partial charge in [-0.3, -0.25) is 4.79 Å². The molecule has 0 N–H and O–H groups in total. The molecule has 0 saturated heterocycles. The van der Waals surface area contributed by atoms with Crippen molar-refractivity contribution in [3.8, 4) is 0 Å². The summed E-state index contributed by atoms with van der Waals surface area (Å²) in [6.45, 7) is 2.46. The van der Waals surface area contributed by atoms with Gasteiger partial charge in [-0.1, -0.05) is 24.3 Å². The number of rotatable bonds is 1. The molecule has 1 aliphatic heterocycles. The molecule has 0 radical (unpaired) electrons. The first-order valence-corrected chi connectivity index (χ1v) is 7.33. The normalized spacial score (nSPS) is 14.5. The molecule has 0 aromatic heterocycles. The molecular weight excluding hydrogens is 265 g/mol. The molecule has 108 valence electrons. The minimum Gasteiger partial charge on any atom is -0.308 e. The minimum atomic E-state index is -0.443. The number of para-hydroxylation sites is 1. The monoisotopic (exact) mass is 283 g/mol. The van der Waals surface area contributed by atoms with Crippen LogP contribution in [-0.4, -0.2) is 12.5 Å². The van der Waals surface area contributed by atoms with E-state index in [1.165, 1.54) is 6.07 Å². The fourth-order valence-corrected chi connectivity index (χ4v) is 2.84. The Morgan fingerprint density at radius 1 is 1.14 bits per heavy atom. The summed E-state index contributed by atoms with van der Waals surface area (Å²) < 4.78 is 14.1. The van der Waals surface area contributed by atoms with Gasteiger partial charge in [-0.15, -0.1) is 0 Å². The summed E-state index contributed by atoms with van der Waals surface area (Å²) >= 11 is 0. The van der Waals surface area contributed by atoms with Crippen LogP contribution in [0.3, 0.4) is 0 Å². The maximum absolute atomic E-state index is 14.1. The molecule has 1 amide bonds. The zero-order chi connectivity index (χ0) is 14.8. The van der Waals surface area contributed by atoms with Gasteiger partial charge < -0.3 is 4.90 Å². The van der Waals surface area contributed by atoms with Gasteiger partial charge >= 0.3 is 0 Å². The van der Waals surface area contributed by atoms with Crippen LogP contribution in [0.25, 0.3) is 0 Å². The summed E-state index contributed by atoms with van der Waals surface area (Å²) in [7, 11) is 0. The fraction of sp³-hybridized carbons (Fsp3) is 0.278. The van der Waals surface area contributed by atoms with E-state index >= 15 is 0 Å². The summed E-state index contributed by atoms with van der Waals surface area (Å²) in [5, 5.41) is 0. The number of carbonyl (C=O) groups excluding carboxylic acids is 1. The first kappa shape index (κ1) is 13.8. The highest BCUT2D eigenvalue weighted by Crippen LogP contribution is 2.28. The van der Waals surface area contributed by atoms with E-state index in [1.807, 2.05) is 31.2 Å². The summed E-state index contributed by atoms with van der Waals surface area (Å²) in [5.74, 6) is -0.691. The van der Waals surface area contributed by atoms with Crippen molar-refractivity contribution in [3.05, 3.63) is 65.0 Å². The largest absolute Gasteiger partial charge is 0.308 e. The number of hydrogen-bond acceptors (Lipinski definition) is 1. The average Bonchev–Trinajstić information content (AvgIpc) is 2.69. The third-order valence-electron chi connectivity index (χ3n) is 3.96. The van der Waals surface area contributed by atoms with Crippen LogP contribution in [0, 0.1) is 12.7 Å². The summed E-state index contributed by atoms with van der Waals surface area (Å²) in [4.78, 5) is 14.5. The predicted molar refractivity (Wildman–Crippen MR) is 82.2 cm³/mol. The molecule has 2 aromatic carbocycles. The van der Waals surface area contributed by atoms with Crippen molar-refractivity contribution in [2.24, 2.45) is 0 Å². The first-order valence-electron chi connectivity index (χ1n) is 7.33. The fourth-order valence-electron chi connectivity index (χ4n) is 2.84. The van der Waals surface area contributed by atoms with Gasteiger partial charge in [0.05, 0.1) is 5.56 Å². The molecule has 3 heteroatoms. The zero-order valence-electron chi connectivity index (χ0n) is 12.1. The van der Waals surface area contributed by atoms with Crippen LogP contribution in [0.1, 0.15) is 34.3 Å². The van der Waals surface area contributed by atoms with Crippen LogP contribution in [0.2, 0.25) is 0 Å². The highest BCUT2D eigenvalue weighted by Gasteiger charge is 2.24. The molecule has 2 aromatic rings. The van der Waals surface area contributed by atoms with Gasteiger partial charge in [0, 0.05) is 12.2 Å². The van der Waals surface area contributed by atoms with E-state index in [0.29, 0.717) is 6.54 Å². The van der Waals surface area contributed by atoms with E-state index in [9.17, 15) is 9.18 Å². The van der Waals surface area contributed by atoms with Crippen molar-refractivity contribution in [1.29, 1.82) is 0 Å². The molecule has 0 bridgehead atoms. The molecular formula is C18H18FNO. The molecule has 21 heavy (non-hydrogen) atoms. The number of carbonyl (C=O) groups is 1. The minimum absolute atomic E-state index is 0.150. The predicted octanol–water partition coefficient (Wildman–Crippen LogP) is 4.12. The van der Waals surface area contributed by atoms with E-state index in [0.717, 1.165) is 36.1 Å². The van der Waals surface area contributed by atoms with Gasteiger partial charge in [0.1, 0.15) is 5.82 Å². The highest BCUT2D eigenvalue weighted by atomic mass is 19.1. The number of fused-ring (bicyclic) bond motifs is 1. The third-order valence-corrected chi connectivity index (χ3v) is 3.96. The van der Waals surface area contributed by atoms with E-state index in [-0.39, 0.29) is 11.5 Å². The van der Waals surface area contributed by atoms with E-state index in [1.54, 1.807) is 17.0 Å². The second-order valence-electron chi connectivity index (χ2n) is 5.53. The SMILES string of the molecule is Cc1ccc(C(=O)N2CCCCc3ccccc32)c(F)c1. The molecule has 0 fully saturated rings. The molecule has 1 heterocycles. The van der Waals surface area contributed by atoms with Crippen LogP contribution < -0.4 is 4.90 Å². The van der Waals surface area contributed by atoms with Crippen LogP contribution in [0.5, 0.6) is 0 Å². The van der Waals surface area contributed by atoms with Gasteiger partial charge in [-0.2, -0.15) is 0 Å². The number of halogens is 1. The average molecular weight is 283 g/mol. The van der Waals surface area contributed by atoms with E-state index in [2.05, 4.69) is 0 Å². The number of benzene rings is 2. The Hall–Kier alpha value is -2.16. The summed E-state index contributed by atoms with van der Waals surface area (Å²) in [6.07, 6.45) is 2.96. The van der Waals surface area contributed by atoms with Gasteiger partial charge in [0.25, 0.3) is 5.91 Å². The zero-order valence-corrected chi connectivity index (χ0v) is 12.1. The first-order chi connectivity index (χ1) is 10.2. The summed E-state index contributed by atoms with van der Waals surface area (Å²) in [6, 6.07) is 12.7. The highest BCUT2D eigenvalue weighted by molar-refractivity contribution is 6.06. The summed E-state index contributed by atoms with van der Waals surface area (Å²) in [5.41, 5.74) is 3.05. The van der Waals surface area contributed by atoms with Gasteiger partial charge in [0.15, 0.2) is 0 Å². The maximum atomic E-state index is 14.1. The lowest BCUT2D eigenvalue weighted by molar-refractivity contribution is 0.0983. The van der Waals surface area contributed by atoms with Crippen molar-refractivity contribution < 1.29 is 9.18 Å². The number of amides is 1. The molecule has 0 atom stereocenters. The maximum Gasteiger partial charge on any atom is 0.261 e. The van der Waals surface area contributed by atoms with Gasteiger partial charge in [-0.05, 0) is 55.5 Å². The van der Waals surface area contributed by atoms with Crippen LogP contribution in [0.15, 0.2) is 42.5 Å². The van der Waals surface area contributed by atoms with Crippen LogP contribution in [-0.2, 0) is 6.42 Å². The van der Waals surface area contributed by atoms with Gasteiger partial charge in [-0.25, -0.2) is 4.39 Å². The Bertz CT molecular complexity index is 681. The number of hydrogen-bond donors (Lipinski definition) is 0. The standard InChI is InChI=1S/C18H18FNO/c1-13-9-10-15(16(19)12-13)18(21)20-11-5-4-7-14-6-2-3-8-17(14)20/h2-3,6,8-10,12H,4-5,7,11H2,1H3. The molecule has 0 saturated carbocycles. The lowest BCUT2D eigenvalue weighted by Gasteiger charge is -2.23. The Morgan fingerprint density at radius 3 is 2.76 bits per heavy atom. The molecule has 2 nitrogen and oxygen atoms in total. The van der Waals surface area contributed by atoms with Crippen molar-refractivity contribution in [3.63, 3.8) is 0 Å².